The third-order valence-electron chi connectivity index (χ3n) is 8.55. The number of carbonyl (C=O) groups excluding carboxylic acids is 1. The minimum atomic E-state index is -0.757. The molecule has 0 N–H and O–H groups in total. The monoisotopic (exact) mass is 681 g/mol. The molecule has 0 bridgehead atoms. The SMILES string of the molecule is CCN(CC)C(=O)C1=C(C)N=c2s/c(=C/c3ccc(OCc4ccccc4Cl)c(OC)c3)c(=O)n2[C@H]1c1c(OC)ccc2ccccc12. The molecule has 1 atom stereocenters. The van der Waals surface area contributed by atoms with Crippen LogP contribution in [0.2, 0.25) is 5.02 Å². The topological polar surface area (TPSA) is 82.4 Å². The molecular formula is C38H36ClN3O5S. The van der Waals surface area contributed by atoms with Gasteiger partial charge in [-0.05, 0) is 67.4 Å². The molecule has 0 unspecified atom stereocenters. The Hall–Kier alpha value is -4.86. The number of hydrogen-bond acceptors (Lipinski definition) is 7. The van der Waals surface area contributed by atoms with E-state index in [1.54, 1.807) is 23.7 Å². The van der Waals surface area contributed by atoms with Crippen LogP contribution >= 0.6 is 22.9 Å². The van der Waals surface area contributed by atoms with Crippen molar-refractivity contribution in [2.24, 2.45) is 4.99 Å². The number of rotatable bonds is 10. The van der Waals surface area contributed by atoms with Crippen molar-refractivity contribution in [1.82, 2.24) is 9.47 Å². The highest BCUT2D eigenvalue weighted by atomic mass is 35.5. The van der Waals surface area contributed by atoms with Gasteiger partial charge in [0.25, 0.3) is 11.5 Å². The first-order valence-corrected chi connectivity index (χ1v) is 16.9. The molecule has 6 rings (SSSR count). The van der Waals surface area contributed by atoms with E-state index in [-0.39, 0.29) is 18.1 Å². The summed E-state index contributed by atoms with van der Waals surface area (Å²) in [7, 11) is 3.18. The third kappa shape index (κ3) is 6.11. The van der Waals surface area contributed by atoms with E-state index in [2.05, 4.69) is 0 Å². The van der Waals surface area contributed by atoms with Crippen LogP contribution in [0.4, 0.5) is 0 Å². The maximum Gasteiger partial charge on any atom is 0.271 e. The summed E-state index contributed by atoms with van der Waals surface area (Å²) in [6.07, 6.45) is 1.81. The lowest BCUT2D eigenvalue weighted by Gasteiger charge is -2.30. The van der Waals surface area contributed by atoms with Crippen molar-refractivity contribution in [2.45, 2.75) is 33.4 Å². The van der Waals surface area contributed by atoms with Crippen molar-refractivity contribution in [3.05, 3.63) is 132 Å². The lowest BCUT2D eigenvalue weighted by Crippen LogP contribution is -2.43. The Morgan fingerprint density at radius 1 is 0.958 bits per heavy atom. The Labute approximate surface area is 287 Å². The lowest BCUT2D eigenvalue weighted by molar-refractivity contribution is -0.127. The number of methoxy groups -OCH3 is 2. The van der Waals surface area contributed by atoms with Crippen molar-refractivity contribution in [3.63, 3.8) is 0 Å². The molecule has 0 saturated heterocycles. The van der Waals surface area contributed by atoms with Crippen LogP contribution in [-0.2, 0) is 11.4 Å². The molecule has 8 nitrogen and oxygen atoms in total. The number of hydrogen-bond donors (Lipinski definition) is 0. The second-order valence-electron chi connectivity index (χ2n) is 11.3. The molecule has 0 fully saturated rings. The minimum absolute atomic E-state index is 0.160. The normalized spacial score (nSPS) is 14.5. The van der Waals surface area contributed by atoms with Crippen molar-refractivity contribution < 1.29 is 19.0 Å². The summed E-state index contributed by atoms with van der Waals surface area (Å²) >= 11 is 7.59. The molecule has 1 amide bonds. The number of halogens is 1. The molecule has 0 spiro atoms. The maximum atomic E-state index is 14.5. The van der Waals surface area contributed by atoms with Gasteiger partial charge in [-0.25, -0.2) is 4.99 Å². The number of ether oxygens (including phenoxy) is 3. The molecule has 4 aromatic carbocycles. The van der Waals surface area contributed by atoms with E-state index in [4.69, 9.17) is 30.8 Å². The molecule has 1 aliphatic heterocycles. The summed E-state index contributed by atoms with van der Waals surface area (Å²) in [6.45, 7) is 7.05. The zero-order valence-corrected chi connectivity index (χ0v) is 29.0. The first kappa shape index (κ1) is 33.1. The predicted molar refractivity (Wildman–Crippen MR) is 191 cm³/mol. The van der Waals surface area contributed by atoms with Crippen LogP contribution in [0.3, 0.4) is 0 Å². The highest BCUT2D eigenvalue weighted by Gasteiger charge is 2.36. The number of allylic oxidation sites excluding steroid dienone is 1. The van der Waals surface area contributed by atoms with E-state index >= 15 is 0 Å². The van der Waals surface area contributed by atoms with E-state index in [0.29, 0.717) is 56.0 Å². The van der Waals surface area contributed by atoms with Gasteiger partial charge in [0.15, 0.2) is 16.3 Å². The van der Waals surface area contributed by atoms with Gasteiger partial charge in [-0.1, -0.05) is 77.5 Å². The molecule has 1 aliphatic rings. The molecule has 0 radical (unpaired) electrons. The number of thiazole rings is 1. The number of nitrogens with zero attached hydrogens (tertiary/aromatic N) is 3. The van der Waals surface area contributed by atoms with Gasteiger partial charge in [0.05, 0.1) is 30.0 Å². The first-order valence-electron chi connectivity index (χ1n) is 15.7. The molecular weight excluding hydrogens is 646 g/mol. The van der Waals surface area contributed by atoms with E-state index < -0.39 is 6.04 Å². The number of carbonyl (C=O) groups is 1. The van der Waals surface area contributed by atoms with E-state index in [9.17, 15) is 9.59 Å². The van der Waals surface area contributed by atoms with Crippen LogP contribution in [0, 0.1) is 0 Å². The lowest BCUT2D eigenvalue weighted by atomic mass is 9.90. The maximum absolute atomic E-state index is 14.5. The Bertz CT molecular complexity index is 2240. The van der Waals surface area contributed by atoms with Crippen LogP contribution in [0.25, 0.3) is 16.8 Å². The molecule has 0 saturated carbocycles. The number of amides is 1. The zero-order valence-electron chi connectivity index (χ0n) is 27.5. The Morgan fingerprint density at radius 2 is 1.67 bits per heavy atom. The van der Waals surface area contributed by atoms with Crippen LogP contribution in [0.1, 0.15) is 43.5 Å². The van der Waals surface area contributed by atoms with Gasteiger partial charge >= 0.3 is 0 Å². The van der Waals surface area contributed by atoms with Gasteiger partial charge in [-0.3, -0.25) is 14.2 Å². The van der Waals surface area contributed by atoms with Gasteiger partial charge in [0, 0.05) is 29.2 Å². The molecule has 0 aliphatic carbocycles. The van der Waals surface area contributed by atoms with Gasteiger partial charge < -0.3 is 19.1 Å². The summed E-state index contributed by atoms with van der Waals surface area (Å²) in [5.74, 6) is 1.50. The first-order chi connectivity index (χ1) is 23.3. The highest BCUT2D eigenvalue weighted by molar-refractivity contribution is 7.07. The number of aromatic nitrogens is 1. The fourth-order valence-electron chi connectivity index (χ4n) is 6.10. The second-order valence-corrected chi connectivity index (χ2v) is 12.7. The van der Waals surface area contributed by atoms with Crippen molar-refractivity contribution >= 4 is 45.7 Å². The molecule has 1 aromatic heterocycles. The summed E-state index contributed by atoms with van der Waals surface area (Å²) in [6, 6.07) is 24.1. The van der Waals surface area contributed by atoms with Gasteiger partial charge in [-0.15, -0.1) is 0 Å². The quantitative estimate of drug-likeness (QED) is 0.168. The van der Waals surface area contributed by atoms with E-state index in [0.717, 1.165) is 27.5 Å². The van der Waals surface area contributed by atoms with Crippen molar-refractivity contribution in [1.29, 1.82) is 0 Å². The van der Waals surface area contributed by atoms with Crippen LogP contribution < -0.4 is 29.1 Å². The fourth-order valence-corrected chi connectivity index (χ4v) is 7.34. The van der Waals surface area contributed by atoms with Crippen LogP contribution in [0.5, 0.6) is 17.2 Å². The Kier molecular flexibility index (Phi) is 9.71. The van der Waals surface area contributed by atoms with Crippen molar-refractivity contribution in [3.8, 4) is 17.2 Å². The van der Waals surface area contributed by atoms with Crippen LogP contribution in [-0.4, -0.2) is 42.7 Å². The summed E-state index contributed by atoms with van der Waals surface area (Å²) in [5, 5.41) is 2.50. The Morgan fingerprint density at radius 3 is 2.40 bits per heavy atom. The molecule has 2 heterocycles. The average Bonchev–Trinajstić information content (AvgIpc) is 3.40. The number of benzene rings is 4. The standard InChI is InChI=1S/C38H36ClN3O5S/c1-6-41(7-2)37(44)33-23(3)40-38-42(35(33)34-27-14-10-8-12-25(27)17-19-30(34)45-4)36(43)32(48-38)21-24-16-18-29(31(20-24)46-5)47-22-26-13-9-11-15-28(26)39/h8-21,35H,6-7,22H2,1-5H3/b32-21+/t35-/m1/s1. The molecule has 246 valence electrons. The van der Waals surface area contributed by atoms with Gasteiger partial charge in [0.1, 0.15) is 18.4 Å². The second kappa shape index (κ2) is 14.1. The highest BCUT2D eigenvalue weighted by Crippen LogP contribution is 2.40. The average molecular weight is 682 g/mol. The molecule has 48 heavy (non-hydrogen) atoms. The smallest absolute Gasteiger partial charge is 0.271 e. The zero-order chi connectivity index (χ0) is 33.9. The van der Waals surface area contributed by atoms with E-state index in [1.807, 2.05) is 106 Å². The minimum Gasteiger partial charge on any atom is -0.496 e. The summed E-state index contributed by atoms with van der Waals surface area (Å²) < 4.78 is 19.7. The van der Waals surface area contributed by atoms with E-state index in [1.165, 1.54) is 11.3 Å². The van der Waals surface area contributed by atoms with Gasteiger partial charge in [0.2, 0.25) is 0 Å². The summed E-state index contributed by atoms with van der Waals surface area (Å²) in [4.78, 5) is 35.8. The predicted octanol–water partition coefficient (Wildman–Crippen LogP) is 6.51. The molecule has 5 aromatic rings. The van der Waals surface area contributed by atoms with Gasteiger partial charge in [-0.2, -0.15) is 0 Å². The Balaban J connectivity index is 1.49. The number of likely N-dealkylation sites (N-methyl/N-ethyl adjacent to an activating group) is 1. The molecule has 10 heteroatoms. The largest absolute Gasteiger partial charge is 0.496 e. The van der Waals surface area contributed by atoms with Crippen LogP contribution in [0.15, 0.2) is 99.9 Å². The summed E-state index contributed by atoms with van der Waals surface area (Å²) in [5.41, 5.74) is 3.12. The fraction of sp³-hybridized carbons (Fsp3) is 0.237. The third-order valence-corrected chi connectivity index (χ3v) is 9.90. The number of fused-ring (bicyclic) bond motifs is 2. The van der Waals surface area contributed by atoms with Crippen molar-refractivity contribution in [2.75, 3.05) is 27.3 Å².